The molecule has 0 spiro atoms. The highest BCUT2D eigenvalue weighted by Crippen LogP contribution is 2.51. The van der Waals surface area contributed by atoms with Crippen molar-refractivity contribution < 1.29 is 19.0 Å². The van der Waals surface area contributed by atoms with E-state index in [9.17, 15) is 4.79 Å². The molecule has 1 saturated carbocycles. The number of hydrogen-bond donors (Lipinski definition) is 2. The van der Waals surface area contributed by atoms with E-state index in [1.807, 2.05) is 26.0 Å². The SMILES string of the molecule is CC(C)OC(=O)Nc1ccc(C2=C(S)C3CC=C(OC4CCOCC4)C=C3N2C2CCC2)cc1. The number of benzene rings is 1. The van der Waals surface area contributed by atoms with Gasteiger partial charge in [-0.05, 0) is 69.4 Å². The van der Waals surface area contributed by atoms with E-state index in [4.69, 9.17) is 26.8 Å². The molecule has 34 heavy (non-hydrogen) atoms. The van der Waals surface area contributed by atoms with Crippen LogP contribution < -0.4 is 5.32 Å². The van der Waals surface area contributed by atoms with Crippen molar-refractivity contribution in [3.05, 3.63) is 58.3 Å². The molecule has 1 saturated heterocycles. The van der Waals surface area contributed by atoms with Gasteiger partial charge in [-0.25, -0.2) is 4.79 Å². The second kappa shape index (κ2) is 10.1. The third kappa shape index (κ3) is 4.86. The fourth-order valence-corrected chi connectivity index (χ4v) is 5.51. The molecule has 4 aliphatic rings. The van der Waals surface area contributed by atoms with Crippen LogP contribution in [0.5, 0.6) is 0 Å². The summed E-state index contributed by atoms with van der Waals surface area (Å²) in [6, 6.07) is 8.48. The van der Waals surface area contributed by atoms with Gasteiger partial charge in [0.05, 0.1) is 25.0 Å². The van der Waals surface area contributed by atoms with Crippen molar-refractivity contribution in [2.45, 2.75) is 70.6 Å². The van der Waals surface area contributed by atoms with Crippen LogP contribution in [0.25, 0.3) is 5.70 Å². The number of allylic oxidation sites excluding steroid dienone is 3. The highest BCUT2D eigenvalue weighted by atomic mass is 32.1. The van der Waals surface area contributed by atoms with Crippen molar-refractivity contribution in [3.8, 4) is 0 Å². The Morgan fingerprint density at radius 2 is 1.88 bits per heavy atom. The molecule has 1 unspecified atom stereocenters. The summed E-state index contributed by atoms with van der Waals surface area (Å²) in [5.74, 6) is 1.24. The highest BCUT2D eigenvalue weighted by Gasteiger charge is 2.41. The molecule has 7 heteroatoms. The van der Waals surface area contributed by atoms with E-state index in [1.54, 1.807) is 0 Å². The summed E-state index contributed by atoms with van der Waals surface area (Å²) in [4.78, 5) is 15.6. The van der Waals surface area contributed by atoms with E-state index < -0.39 is 6.09 Å². The second-order valence-electron chi connectivity index (χ2n) is 9.74. The number of nitrogens with zero attached hydrogens (tertiary/aromatic N) is 1. The van der Waals surface area contributed by atoms with Gasteiger partial charge in [-0.2, -0.15) is 0 Å². The molecule has 0 bridgehead atoms. The Morgan fingerprint density at radius 1 is 1.15 bits per heavy atom. The number of nitrogens with one attached hydrogen (secondary N) is 1. The van der Waals surface area contributed by atoms with Crippen molar-refractivity contribution in [1.29, 1.82) is 0 Å². The Morgan fingerprint density at radius 3 is 2.53 bits per heavy atom. The van der Waals surface area contributed by atoms with Crippen molar-refractivity contribution in [2.24, 2.45) is 5.92 Å². The first-order valence-electron chi connectivity index (χ1n) is 12.5. The standard InChI is InChI=1S/C27H34N2O4S/c1-17(2)32-27(30)28-19-8-6-18(7-9-19)25-26(34)23-11-10-22(33-21-12-14-31-15-13-21)16-24(23)29(25)20-4-3-5-20/h6-10,16-17,20-21,23,34H,3-5,11-15H2,1-2H3,(H,28,30). The fraction of sp³-hybridized carbons (Fsp3) is 0.519. The topological polar surface area (TPSA) is 60.0 Å². The van der Waals surface area contributed by atoms with Crippen molar-refractivity contribution >= 4 is 30.1 Å². The van der Waals surface area contributed by atoms with Crippen LogP contribution in [0.15, 0.2) is 52.8 Å². The van der Waals surface area contributed by atoms with Gasteiger partial charge in [0.15, 0.2) is 0 Å². The first kappa shape index (κ1) is 23.4. The molecule has 1 atom stereocenters. The molecule has 2 fully saturated rings. The molecule has 182 valence electrons. The minimum absolute atomic E-state index is 0.156. The lowest BCUT2D eigenvalue weighted by molar-refractivity contribution is -0.00148. The summed E-state index contributed by atoms with van der Waals surface area (Å²) in [5.41, 5.74) is 4.31. The fourth-order valence-electron chi connectivity index (χ4n) is 5.03. The normalized spacial score (nSPS) is 23.3. The summed E-state index contributed by atoms with van der Waals surface area (Å²) in [7, 11) is 0. The Kier molecular flexibility index (Phi) is 6.93. The number of anilines is 1. The van der Waals surface area contributed by atoms with Crippen LogP contribution >= 0.6 is 12.6 Å². The number of carbonyl (C=O) groups is 1. The molecule has 0 radical (unpaired) electrons. The third-order valence-corrected chi connectivity index (χ3v) is 7.48. The number of ether oxygens (including phenoxy) is 3. The average Bonchev–Trinajstić information content (AvgIpc) is 3.05. The Bertz CT molecular complexity index is 1000. The van der Waals surface area contributed by atoms with Gasteiger partial charge in [0, 0.05) is 41.1 Å². The van der Waals surface area contributed by atoms with Gasteiger partial charge in [-0.3, -0.25) is 5.32 Å². The third-order valence-electron chi connectivity index (χ3n) is 6.95. The Labute approximate surface area is 207 Å². The lowest BCUT2D eigenvalue weighted by atomic mass is 9.89. The van der Waals surface area contributed by atoms with Gasteiger partial charge >= 0.3 is 6.09 Å². The predicted octanol–water partition coefficient (Wildman–Crippen LogP) is 6.09. The van der Waals surface area contributed by atoms with Gasteiger partial charge in [0.1, 0.15) is 11.9 Å². The van der Waals surface area contributed by atoms with Gasteiger partial charge in [0.2, 0.25) is 0 Å². The molecule has 1 amide bonds. The first-order chi connectivity index (χ1) is 16.5. The molecule has 6 nitrogen and oxygen atoms in total. The predicted molar refractivity (Wildman–Crippen MR) is 136 cm³/mol. The number of amides is 1. The van der Waals surface area contributed by atoms with Gasteiger partial charge in [0.25, 0.3) is 0 Å². The zero-order valence-corrected chi connectivity index (χ0v) is 20.9. The van der Waals surface area contributed by atoms with Crippen LogP contribution in [0.3, 0.4) is 0 Å². The molecule has 1 N–H and O–H groups in total. The number of thiol groups is 1. The molecule has 1 aromatic rings. The number of hydrogen-bond acceptors (Lipinski definition) is 6. The molecule has 2 aliphatic heterocycles. The van der Waals surface area contributed by atoms with Crippen LogP contribution in [0.2, 0.25) is 0 Å². The Balaban J connectivity index is 1.37. The number of rotatable bonds is 6. The van der Waals surface area contributed by atoms with E-state index in [0.29, 0.717) is 11.7 Å². The van der Waals surface area contributed by atoms with Crippen LogP contribution in [0, 0.1) is 5.92 Å². The van der Waals surface area contributed by atoms with Gasteiger partial charge in [-0.1, -0.05) is 12.1 Å². The monoisotopic (exact) mass is 482 g/mol. The minimum Gasteiger partial charge on any atom is -0.491 e. The lowest BCUT2D eigenvalue weighted by Gasteiger charge is -2.40. The zero-order valence-electron chi connectivity index (χ0n) is 20.0. The maximum absolute atomic E-state index is 12.0. The first-order valence-corrected chi connectivity index (χ1v) is 12.9. The summed E-state index contributed by atoms with van der Waals surface area (Å²) < 4.78 is 17.0. The molecule has 5 rings (SSSR count). The Hall–Kier alpha value is -2.38. The summed E-state index contributed by atoms with van der Waals surface area (Å²) in [6.07, 6.45) is 10.5. The summed E-state index contributed by atoms with van der Waals surface area (Å²) in [6.45, 7) is 5.22. The molecule has 0 aromatic heterocycles. The quantitative estimate of drug-likeness (QED) is 0.480. The van der Waals surface area contributed by atoms with Crippen LogP contribution in [-0.4, -0.2) is 42.5 Å². The van der Waals surface area contributed by atoms with Crippen molar-refractivity contribution in [3.63, 3.8) is 0 Å². The highest BCUT2D eigenvalue weighted by molar-refractivity contribution is 7.84. The summed E-state index contributed by atoms with van der Waals surface area (Å²) in [5, 5.41) is 2.80. The van der Waals surface area contributed by atoms with E-state index >= 15 is 0 Å². The zero-order chi connectivity index (χ0) is 23.7. The van der Waals surface area contributed by atoms with Crippen LogP contribution in [0.4, 0.5) is 10.5 Å². The molecular weight excluding hydrogens is 448 g/mol. The van der Waals surface area contributed by atoms with E-state index in [2.05, 4.69) is 34.5 Å². The largest absolute Gasteiger partial charge is 0.491 e. The minimum atomic E-state index is -0.437. The van der Waals surface area contributed by atoms with E-state index in [1.165, 1.54) is 30.7 Å². The molecule has 1 aromatic carbocycles. The van der Waals surface area contributed by atoms with Crippen molar-refractivity contribution in [2.75, 3.05) is 18.5 Å². The van der Waals surface area contributed by atoms with Gasteiger partial charge in [-0.15, -0.1) is 12.6 Å². The molecular formula is C27H34N2O4S. The second-order valence-corrected chi connectivity index (χ2v) is 10.2. The lowest BCUT2D eigenvalue weighted by Crippen LogP contribution is -2.37. The van der Waals surface area contributed by atoms with Gasteiger partial charge < -0.3 is 19.1 Å². The molecule has 2 aliphatic carbocycles. The number of carbonyl (C=O) groups excluding carboxylic acids is 1. The van der Waals surface area contributed by atoms with Crippen LogP contribution in [0.1, 0.15) is 57.9 Å². The van der Waals surface area contributed by atoms with Crippen LogP contribution in [-0.2, 0) is 14.2 Å². The van der Waals surface area contributed by atoms with E-state index in [-0.39, 0.29) is 18.1 Å². The smallest absolute Gasteiger partial charge is 0.411 e. The van der Waals surface area contributed by atoms with E-state index in [0.717, 1.165) is 48.7 Å². The number of fused-ring (bicyclic) bond motifs is 1. The maximum atomic E-state index is 12.0. The molecule has 2 heterocycles. The average molecular weight is 483 g/mol. The van der Waals surface area contributed by atoms with Crippen molar-refractivity contribution in [1.82, 2.24) is 4.90 Å². The summed E-state index contributed by atoms with van der Waals surface area (Å²) >= 11 is 5.04. The maximum Gasteiger partial charge on any atom is 0.411 e.